The van der Waals surface area contributed by atoms with E-state index in [1.807, 2.05) is 22.6 Å². The number of phenols is 2. The Morgan fingerprint density at radius 3 is 1.59 bits per heavy atom. The first-order chi connectivity index (χ1) is 13.4. The van der Waals surface area contributed by atoms with Crippen molar-refractivity contribution in [3.63, 3.8) is 0 Å². The highest BCUT2D eigenvalue weighted by Crippen LogP contribution is 3.12. The Balaban J connectivity index is 0.000000408. The van der Waals surface area contributed by atoms with Crippen LogP contribution in [0.4, 0.5) is 0 Å². The number of aromatic hydroxyl groups is 2. The number of hydrogen-bond acceptors (Lipinski definition) is 2. The Kier molecular flexibility index (Phi) is 20.9. The molecule has 0 aliphatic carbocycles. The number of aryl methyl sites for hydroxylation is 1. The molecule has 0 spiro atoms. The summed E-state index contributed by atoms with van der Waals surface area (Å²) in [7, 11) is 18.9. The molecule has 2 nitrogen and oxygen atoms in total. The molecule has 2 aromatic rings. The maximum atomic E-state index is 8.99. The second-order valence-electron chi connectivity index (χ2n) is 5.03. The van der Waals surface area contributed by atoms with Gasteiger partial charge in [0.2, 0.25) is 0 Å². The fraction of sp³-hybridized carbons (Fsp3) is 0.0769. The summed E-state index contributed by atoms with van der Waals surface area (Å²) in [6.45, 7) is 2.57. The smallest absolute Gasteiger partial charge is 0.129 e. The molecule has 16 heteroatoms. The van der Waals surface area contributed by atoms with Crippen LogP contribution in [0.2, 0.25) is 10.0 Å². The van der Waals surface area contributed by atoms with Crippen molar-refractivity contribution in [2.24, 2.45) is 0 Å². The van der Waals surface area contributed by atoms with Gasteiger partial charge in [0, 0.05) is 10.0 Å². The molecule has 0 saturated heterocycles. The van der Waals surface area contributed by atoms with Crippen LogP contribution in [0.5, 0.6) is 11.5 Å². The molecule has 8 atom stereocenters. The van der Waals surface area contributed by atoms with Crippen LogP contribution >= 0.6 is 135 Å². The van der Waals surface area contributed by atoms with Crippen LogP contribution in [0, 0.1) is 10.5 Å². The van der Waals surface area contributed by atoms with E-state index in [-0.39, 0.29) is 33.7 Å². The van der Waals surface area contributed by atoms with Crippen LogP contribution in [0.15, 0.2) is 36.4 Å². The van der Waals surface area contributed by atoms with Crippen molar-refractivity contribution in [2.45, 2.75) is 6.92 Å². The van der Waals surface area contributed by atoms with Gasteiger partial charge in [0.05, 0.1) is 3.57 Å². The molecule has 0 aliphatic heterocycles. The fourth-order valence-electron chi connectivity index (χ4n) is 1.49. The van der Waals surface area contributed by atoms with Crippen molar-refractivity contribution in [1.29, 1.82) is 0 Å². The van der Waals surface area contributed by atoms with Gasteiger partial charge in [-0.25, -0.2) is 0 Å². The van der Waals surface area contributed by atoms with Crippen molar-refractivity contribution < 1.29 is 10.2 Å². The van der Waals surface area contributed by atoms with E-state index in [1.54, 1.807) is 43.3 Å². The van der Waals surface area contributed by atoms with Gasteiger partial charge in [0.1, 0.15) is 11.5 Å². The molecule has 2 N–H and O–H groups in total. The first kappa shape index (κ1) is 33.1. The zero-order chi connectivity index (χ0) is 22.7. The third kappa shape index (κ3) is 14.9. The van der Waals surface area contributed by atoms with E-state index >= 15 is 0 Å². The van der Waals surface area contributed by atoms with Gasteiger partial charge in [0.25, 0.3) is 0 Å². The number of halogens is 3. The van der Waals surface area contributed by atoms with Gasteiger partial charge >= 0.3 is 0 Å². The van der Waals surface area contributed by atoms with Crippen molar-refractivity contribution in [3.8, 4) is 11.5 Å². The van der Waals surface area contributed by atoms with Gasteiger partial charge in [-0.2, -0.15) is 0 Å². The normalized spacial score (nSPS) is 12.0. The molecule has 2 aromatic carbocycles. The minimum atomic E-state index is 0.138. The monoisotopic (exact) mass is 750 g/mol. The molecule has 0 bridgehead atoms. The lowest BCUT2D eigenvalue weighted by molar-refractivity contribution is 0.471. The standard InChI is InChI=1S/C7H7ClO.C6H4ClIO.H13P11/c1-5-4-6(8)2-3-7(5)9;7-4-1-2-6(9)5(8)3-4;1-7-10(6)11(8(2)3)9(4)5/h2-4,9H,1H3;1-3,9H;7H,1-6H2. The van der Waals surface area contributed by atoms with Crippen molar-refractivity contribution in [1.82, 2.24) is 0 Å². The number of benzene rings is 2. The Bertz CT molecular complexity index is 699. The molecule has 164 valence electrons. The first-order valence-electron chi connectivity index (χ1n) is 7.39. The second kappa shape index (κ2) is 18.4. The molecule has 0 saturated carbocycles. The zero-order valence-corrected chi connectivity index (χ0v) is 30.4. The molecule has 0 aliphatic rings. The van der Waals surface area contributed by atoms with Gasteiger partial charge in [-0.15, -0.1) is 53.6 Å². The maximum Gasteiger partial charge on any atom is 0.129 e. The van der Waals surface area contributed by atoms with E-state index in [0.717, 1.165) is 17.1 Å². The quantitative estimate of drug-likeness (QED) is 0.241. The predicted molar refractivity (Wildman–Crippen MR) is 178 cm³/mol. The molecule has 0 amide bonds. The molecular weight excluding hydrogens is 727 g/mol. The minimum Gasteiger partial charge on any atom is -0.508 e. The third-order valence-electron chi connectivity index (χ3n) is 2.81. The molecule has 2 rings (SSSR count). The van der Waals surface area contributed by atoms with Gasteiger partial charge < -0.3 is 10.2 Å². The summed E-state index contributed by atoms with van der Waals surface area (Å²) in [5, 5.41) is 19.3. The summed E-state index contributed by atoms with van der Waals surface area (Å²) in [6.07, 6.45) is 0. The summed E-state index contributed by atoms with van der Waals surface area (Å²) in [5.74, 6) is 0.569. The zero-order valence-electron chi connectivity index (χ0n) is 15.2. The van der Waals surface area contributed by atoms with Crippen LogP contribution in [0.25, 0.3) is 0 Å². The Morgan fingerprint density at radius 1 is 0.862 bits per heavy atom. The van der Waals surface area contributed by atoms with Crippen LogP contribution in [-0.4, -0.2) is 10.2 Å². The highest BCUT2D eigenvalue weighted by molar-refractivity contribution is 14.1. The molecule has 29 heavy (non-hydrogen) atoms. The highest BCUT2D eigenvalue weighted by Gasteiger charge is 2.22. The molecular formula is C13H24Cl2IO2P11. The van der Waals surface area contributed by atoms with E-state index in [0.29, 0.717) is 15.8 Å². The Hall–Kier alpha value is 4.08. The largest absolute Gasteiger partial charge is 0.508 e. The summed E-state index contributed by atoms with van der Waals surface area (Å²) >= 11 is 13.2. The SMILES string of the molecule is Cc1cc(Cl)ccc1O.Oc1ccc(Cl)cc1I.PPP(P)P(P(P)P)P(P)P. The summed E-state index contributed by atoms with van der Waals surface area (Å²) in [5.41, 5.74) is 0.808. The Morgan fingerprint density at radius 2 is 1.31 bits per heavy atom. The summed E-state index contributed by atoms with van der Waals surface area (Å²) in [6, 6.07) is 9.89. The van der Waals surface area contributed by atoms with Crippen molar-refractivity contribution in [3.05, 3.63) is 55.6 Å². The van der Waals surface area contributed by atoms with Crippen LogP contribution < -0.4 is 0 Å². The first-order valence-corrected chi connectivity index (χ1v) is 28.5. The molecule has 0 radical (unpaired) electrons. The molecule has 0 heterocycles. The lowest BCUT2D eigenvalue weighted by Crippen LogP contribution is -1.71. The van der Waals surface area contributed by atoms with Crippen LogP contribution in [0.1, 0.15) is 5.56 Å². The van der Waals surface area contributed by atoms with Crippen LogP contribution in [0.3, 0.4) is 0 Å². The van der Waals surface area contributed by atoms with E-state index in [2.05, 4.69) is 53.6 Å². The average Bonchev–Trinajstić information content (AvgIpc) is 2.62. The lowest BCUT2D eigenvalue weighted by atomic mass is 10.2. The van der Waals surface area contributed by atoms with E-state index in [9.17, 15) is 0 Å². The third-order valence-corrected chi connectivity index (χ3v) is 63.2. The molecule has 0 fully saturated rings. The second-order valence-corrected chi connectivity index (χ2v) is 46.1. The molecule has 0 aromatic heterocycles. The summed E-state index contributed by atoms with van der Waals surface area (Å²) in [4.78, 5) is 0. The van der Waals surface area contributed by atoms with Crippen molar-refractivity contribution in [2.75, 3.05) is 0 Å². The topological polar surface area (TPSA) is 40.5 Å². The van der Waals surface area contributed by atoms with E-state index in [4.69, 9.17) is 33.4 Å². The maximum absolute atomic E-state index is 8.99. The highest BCUT2D eigenvalue weighted by atomic mass is 127. The lowest BCUT2D eigenvalue weighted by Gasteiger charge is -2.29. The van der Waals surface area contributed by atoms with Crippen LogP contribution in [-0.2, 0) is 0 Å². The van der Waals surface area contributed by atoms with Gasteiger partial charge in [0.15, 0.2) is 0 Å². The number of hydrogen-bond donors (Lipinski definition) is 2. The van der Waals surface area contributed by atoms with E-state index < -0.39 is 0 Å². The van der Waals surface area contributed by atoms with Gasteiger partial charge in [-0.1, -0.05) is 31.2 Å². The average molecular weight is 751 g/mol. The van der Waals surface area contributed by atoms with Crippen molar-refractivity contribution >= 4 is 135 Å². The predicted octanol–water partition coefficient (Wildman–Crippen LogP) is 11.0. The van der Waals surface area contributed by atoms with Gasteiger partial charge in [-0.3, -0.25) is 0 Å². The minimum absolute atomic E-state index is 0.138. The fourth-order valence-corrected chi connectivity index (χ4v) is 97.8. The summed E-state index contributed by atoms with van der Waals surface area (Å²) < 4.78 is 0.778. The van der Waals surface area contributed by atoms with E-state index in [1.165, 1.54) is 0 Å². The van der Waals surface area contributed by atoms with Gasteiger partial charge in [-0.05, 0) is 99.4 Å². The Labute approximate surface area is 217 Å². The number of phenolic OH excluding ortho intramolecular Hbond substituents is 2. The molecule has 8 unspecified atom stereocenters. The number of rotatable bonds is 4.